The number of carbonyl (C=O) groups excluding carboxylic acids is 1. The zero-order valence-corrected chi connectivity index (χ0v) is 16.3. The molecule has 1 N–H and O–H groups in total. The molecule has 0 radical (unpaired) electrons. The molecule has 4 rings (SSSR count). The smallest absolute Gasteiger partial charge is 0.237 e. The van der Waals surface area contributed by atoms with Crippen LogP contribution in [-0.2, 0) is 11.4 Å². The highest BCUT2D eigenvalue weighted by Crippen LogP contribution is 2.37. The summed E-state index contributed by atoms with van der Waals surface area (Å²) in [7, 11) is 0. The van der Waals surface area contributed by atoms with Crippen LogP contribution < -0.4 is 10.1 Å². The van der Waals surface area contributed by atoms with Gasteiger partial charge in [-0.2, -0.15) is 0 Å². The molecule has 1 aromatic heterocycles. The Morgan fingerprint density at radius 1 is 1.21 bits per heavy atom. The predicted octanol–water partition coefficient (Wildman–Crippen LogP) is 3.71. The molecule has 8 heteroatoms. The molecule has 1 amide bonds. The molecule has 1 atom stereocenters. The number of ether oxygens (including phenoxy) is 1. The fraction of sp³-hybridized carbons (Fsp3) is 0.300. The van der Waals surface area contributed by atoms with E-state index in [0.717, 1.165) is 29.8 Å². The Labute approximate surface area is 167 Å². The first-order chi connectivity index (χ1) is 13.7. The molecule has 2 aromatic carbocycles. The lowest BCUT2D eigenvalue weighted by Gasteiger charge is -2.12. The van der Waals surface area contributed by atoms with Crippen molar-refractivity contribution in [3.8, 4) is 5.75 Å². The molecule has 0 saturated heterocycles. The summed E-state index contributed by atoms with van der Waals surface area (Å²) >= 11 is 1.37. The Morgan fingerprint density at radius 2 is 1.96 bits per heavy atom. The summed E-state index contributed by atoms with van der Waals surface area (Å²) in [6.45, 7) is 2.36. The van der Waals surface area contributed by atoms with Crippen LogP contribution >= 0.6 is 11.8 Å². The van der Waals surface area contributed by atoms with E-state index in [4.69, 9.17) is 4.74 Å². The summed E-state index contributed by atoms with van der Waals surface area (Å²) < 4.78 is 7.58. The molecular formula is C20H21N5O2S. The average Bonchev–Trinajstić information content (AvgIpc) is 3.47. The van der Waals surface area contributed by atoms with E-state index < -0.39 is 0 Å². The minimum Gasteiger partial charge on any atom is -0.489 e. The molecule has 1 fully saturated rings. The second-order valence-corrected chi connectivity index (χ2v) is 7.99. The number of hydrogen-bond acceptors (Lipinski definition) is 6. The lowest BCUT2D eigenvalue weighted by Crippen LogP contribution is -2.23. The maximum absolute atomic E-state index is 12.5. The van der Waals surface area contributed by atoms with Gasteiger partial charge in [-0.25, -0.2) is 4.68 Å². The number of hydrogen-bond donors (Lipinski definition) is 1. The van der Waals surface area contributed by atoms with Crippen LogP contribution in [-0.4, -0.2) is 31.4 Å². The van der Waals surface area contributed by atoms with Gasteiger partial charge in [-0.1, -0.05) is 42.1 Å². The van der Waals surface area contributed by atoms with Crippen LogP contribution in [0.15, 0.2) is 59.8 Å². The highest BCUT2D eigenvalue weighted by atomic mass is 32.2. The Morgan fingerprint density at radius 3 is 2.68 bits per heavy atom. The molecular weight excluding hydrogens is 374 g/mol. The molecule has 0 unspecified atom stereocenters. The molecule has 0 bridgehead atoms. The van der Waals surface area contributed by atoms with E-state index in [1.165, 1.54) is 11.8 Å². The SMILES string of the molecule is C[C@@H](Sc1nnnn1C1CC1)C(=O)Nc1ccc(OCc2ccccc2)cc1. The van der Waals surface area contributed by atoms with E-state index in [-0.39, 0.29) is 11.2 Å². The second kappa shape index (κ2) is 8.43. The Balaban J connectivity index is 1.29. The quantitative estimate of drug-likeness (QED) is 0.586. The molecule has 1 aliphatic rings. The number of rotatable bonds is 8. The normalized spacial score (nSPS) is 14.5. The summed E-state index contributed by atoms with van der Waals surface area (Å²) in [6.07, 6.45) is 2.19. The third-order valence-corrected chi connectivity index (χ3v) is 5.42. The number of carbonyl (C=O) groups is 1. The van der Waals surface area contributed by atoms with Gasteiger partial charge in [0, 0.05) is 5.69 Å². The van der Waals surface area contributed by atoms with Gasteiger partial charge in [0.2, 0.25) is 11.1 Å². The summed E-state index contributed by atoms with van der Waals surface area (Å²) in [5, 5.41) is 15.1. The molecule has 0 spiro atoms. The number of anilines is 1. The van der Waals surface area contributed by atoms with Crippen LogP contribution in [0.2, 0.25) is 0 Å². The number of aromatic nitrogens is 4. The first-order valence-corrected chi connectivity index (χ1v) is 10.1. The third-order valence-electron chi connectivity index (χ3n) is 4.38. The number of nitrogens with zero attached hydrogens (tertiary/aromatic N) is 4. The van der Waals surface area contributed by atoms with Gasteiger partial charge in [0.15, 0.2) is 0 Å². The van der Waals surface area contributed by atoms with Crippen LogP contribution in [0, 0.1) is 0 Å². The molecule has 1 saturated carbocycles. The summed E-state index contributed by atoms with van der Waals surface area (Å²) in [4.78, 5) is 12.5. The highest BCUT2D eigenvalue weighted by molar-refractivity contribution is 8.00. The molecule has 28 heavy (non-hydrogen) atoms. The van der Waals surface area contributed by atoms with E-state index in [2.05, 4.69) is 20.8 Å². The minimum absolute atomic E-state index is 0.0895. The minimum atomic E-state index is -0.308. The highest BCUT2D eigenvalue weighted by Gasteiger charge is 2.29. The molecule has 0 aliphatic heterocycles. The lowest BCUT2D eigenvalue weighted by molar-refractivity contribution is -0.115. The molecule has 144 valence electrons. The van der Waals surface area contributed by atoms with Crippen molar-refractivity contribution in [1.82, 2.24) is 20.2 Å². The number of amides is 1. The second-order valence-electron chi connectivity index (χ2n) is 6.69. The fourth-order valence-corrected chi connectivity index (χ4v) is 3.50. The van der Waals surface area contributed by atoms with Gasteiger partial charge >= 0.3 is 0 Å². The first-order valence-electron chi connectivity index (χ1n) is 9.21. The summed E-state index contributed by atoms with van der Waals surface area (Å²) in [5.41, 5.74) is 1.84. The topological polar surface area (TPSA) is 81.9 Å². The van der Waals surface area contributed by atoms with E-state index >= 15 is 0 Å². The van der Waals surface area contributed by atoms with E-state index in [9.17, 15) is 4.79 Å². The zero-order chi connectivity index (χ0) is 19.3. The van der Waals surface area contributed by atoms with Crippen LogP contribution in [0.4, 0.5) is 5.69 Å². The summed E-state index contributed by atoms with van der Waals surface area (Å²) in [6, 6.07) is 17.8. The average molecular weight is 395 g/mol. The summed E-state index contributed by atoms with van der Waals surface area (Å²) in [5.74, 6) is 0.668. The van der Waals surface area contributed by atoms with Crippen molar-refractivity contribution < 1.29 is 9.53 Å². The van der Waals surface area contributed by atoms with Gasteiger partial charge in [0.05, 0.1) is 11.3 Å². The van der Waals surface area contributed by atoms with E-state index in [1.807, 2.05) is 66.2 Å². The monoisotopic (exact) mass is 395 g/mol. The van der Waals surface area contributed by atoms with Gasteiger partial charge < -0.3 is 10.1 Å². The van der Waals surface area contributed by atoms with Gasteiger partial charge in [-0.3, -0.25) is 4.79 Å². The van der Waals surface area contributed by atoms with Crippen LogP contribution in [0.1, 0.15) is 31.4 Å². The standard InChI is InChI=1S/C20H21N5O2S/c1-14(28-20-22-23-24-25(20)17-9-10-17)19(26)21-16-7-11-18(12-8-16)27-13-15-5-3-2-4-6-15/h2-8,11-12,14,17H,9-10,13H2,1H3,(H,21,26)/t14-/m1/s1. The molecule has 3 aromatic rings. The number of benzene rings is 2. The van der Waals surface area contributed by atoms with Crippen LogP contribution in [0.3, 0.4) is 0 Å². The van der Waals surface area contributed by atoms with Crippen LogP contribution in [0.25, 0.3) is 0 Å². The molecule has 1 aliphatic carbocycles. The number of tetrazole rings is 1. The Hall–Kier alpha value is -2.87. The first kappa shape index (κ1) is 18.5. The van der Waals surface area contributed by atoms with Crippen molar-refractivity contribution in [2.45, 2.75) is 42.8 Å². The zero-order valence-electron chi connectivity index (χ0n) is 15.5. The maximum atomic E-state index is 12.5. The van der Waals surface area contributed by atoms with Crippen molar-refractivity contribution in [3.63, 3.8) is 0 Å². The Kier molecular flexibility index (Phi) is 5.57. The number of nitrogens with one attached hydrogen (secondary N) is 1. The maximum Gasteiger partial charge on any atom is 0.237 e. The van der Waals surface area contributed by atoms with Crippen molar-refractivity contribution in [1.29, 1.82) is 0 Å². The largest absolute Gasteiger partial charge is 0.489 e. The van der Waals surface area contributed by atoms with Gasteiger partial charge in [0.25, 0.3) is 0 Å². The van der Waals surface area contributed by atoms with Gasteiger partial charge in [-0.05, 0) is 60.0 Å². The third kappa shape index (κ3) is 4.69. The van der Waals surface area contributed by atoms with E-state index in [1.54, 1.807) is 0 Å². The van der Waals surface area contributed by atoms with Gasteiger partial charge in [0.1, 0.15) is 12.4 Å². The fourth-order valence-electron chi connectivity index (χ4n) is 2.64. The number of thioether (sulfide) groups is 1. The molecule has 7 nitrogen and oxygen atoms in total. The molecule has 1 heterocycles. The van der Waals surface area contributed by atoms with E-state index in [0.29, 0.717) is 17.8 Å². The predicted molar refractivity (Wildman–Crippen MR) is 107 cm³/mol. The Bertz CT molecular complexity index is 925. The van der Waals surface area contributed by atoms with Crippen LogP contribution in [0.5, 0.6) is 5.75 Å². The van der Waals surface area contributed by atoms with Crippen molar-refractivity contribution in [2.24, 2.45) is 0 Å². The van der Waals surface area contributed by atoms with Crippen molar-refractivity contribution >= 4 is 23.4 Å². The lowest BCUT2D eigenvalue weighted by atomic mass is 10.2. The van der Waals surface area contributed by atoms with Crippen molar-refractivity contribution in [2.75, 3.05) is 5.32 Å². The van der Waals surface area contributed by atoms with Gasteiger partial charge in [-0.15, -0.1) is 5.10 Å². The van der Waals surface area contributed by atoms with Crippen molar-refractivity contribution in [3.05, 3.63) is 60.2 Å².